The molecule has 2 amide bonds. The highest BCUT2D eigenvalue weighted by molar-refractivity contribution is 7.09. The quantitative estimate of drug-likeness (QED) is 0.0902. The van der Waals surface area contributed by atoms with Gasteiger partial charge < -0.3 is 24.8 Å². The number of rotatable bonds is 23. The van der Waals surface area contributed by atoms with Crippen LogP contribution in [0.2, 0.25) is 0 Å². The topological polar surface area (TPSA) is 155 Å². The highest BCUT2D eigenvalue weighted by Crippen LogP contribution is 2.34. The van der Waals surface area contributed by atoms with Crippen LogP contribution in [0.4, 0.5) is 0 Å². The molecule has 1 aromatic heterocycles. The van der Waals surface area contributed by atoms with E-state index in [0.717, 1.165) is 48.9 Å². The number of benzene rings is 2. The third-order valence-electron chi connectivity index (χ3n) is 11.9. The van der Waals surface area contributed by atoms with Gasteiger partial charge in [-0.1, -0.05) is 102 Å². The van der Waals surface area contributed by atoms with Crippen LogP contribution in [0, 0.1) is 23.7 Å². The van der Waals surface area contributed by atoms with Crippen molar-refractivity contribution >= 4 is 40.9 Å². The molecule has 1 aliphatic rings. The molecular formula is C47H66N4O8S. The van der Waals surface area contributed by atoms with Crippen LogP contribution < -0.4 is 5.32 Å². The fraction of sp³-hybridized carbons (Fsp3) is 0.574. The largest absolute Gasteiger partial charge is 0.481 e. The maximum Gasteiger partial charge on any atom is 0.306 e. The number of carbonyl (C=O) groups is 5. The molecule has 1 saturated heterocycles. The van der Waals surface area contributed by atoms with E-state index in [4.69, 9.17) is 9.47 Å². The van der Waals surface area contributed by atoms with E-state index in [-0.39, 0.29) is 67.7 Å². The number of thiazole rings is 1. The minimum absolute atomic E-state index is 0.0477. The van der Waals surface area contributed by atoms with E-state index in [0.29, 0.717) is 11.4 Å². The van der Waals surface area contributed by atoms with Crippen molar-refractivity contribution in [1.29, 1.82) is 0 Å². The van der Waals surface area contributed by atoms with E-state index in [1.54, 1.807) is 24.3 Å². The van der Waals surface area contributed by atoms with Crippen molar-refractivity contribution in [1.82, 2.24) is 20.1 Å². The molecule has 12 nitrogen and oxygen atoms in total. The van der Waals surface area contributed by atoms with E-state index in [2.05, 4.69) is 15.2 Å². The highest BCUT2D eigenvalue weighted by atomic mass is 32.1. The first kappa shape index (κ1) is 48.2. The number of Topliss-reactive ketones (excluding diaryl/α,β-unsaturated/α-hetero) is 1. The van der Waals surface area contributed by atoms with Gasteiger partial charge >= 0.3 is 11.9 Å². The number of hydrogen-bond acceptors (Lipinski definition) is 10. The van der Waals surface area contributed by atoms with Gasteiger partial charge in [0.15, 0.2) is 11.9 Å². The summed E-state index contributed by atoms with van der Waals surface area (Å²) in [7, 11) is 3.56. The molecule has 3 aromatic rings. The number of aliphatic carboxylic acids is 1. The molecule has 2 aromatic carbocycles. The van der Waals surface area contributed by atoms with Gasteiger partial charge in [0.25, 0.3) is 5.91 Å². The van der Waals surface area contributed by atoms with Crippen molar-refractivity contribution in [3.05, 3.63) is 76.2 Å². The van der Waals surface area contributed by atoms with Crippen LogP contribution >= 0.6 is 11.3 Å². The summed E-state index contributed by atoms with van der Waals surface area (Å²) in [5, 5.41) is 14.8. The van der Waals surface area contributed by atoms with E-state index >= 15 is 0 Å². The smallest absolute Gasteiger partial charge is 0.306 e. The van der Waals surface area contributed by atoms with Crippen molar-refractivity contribution in [2.24, 2.45) is 23.7 Å². The molecule has 4 rings (SSSR count). The second-order valence-corrected chi connectivity index (χ2v) is 17.7. The minimum atomic E-state index is -0.953. The summed E-state index contributed by atoms with van der Waals surface area (Å²) in [6.07, 6.45) is 3.68. The number of likely N-dealkylation sites (N-methyl/N-ethyl adjacent to an activating group) is 1. The Hall–Kier alpha value is -4.46. The molecule has 328 valence electrons. The number of ether oxygens (including phenoxy) is 2. The molecule has 0 aliphatic carbocycles. The minimum Gasteiger partial charge on any atom is -0.481 e. The summed E-state index contributed by atoms with van der Waals surface area (Å²) in [6, 6.07) is 16.9. The van der Waals surface area contributed by atoms with Gasteiger partial charge in [-0.25, -0.2) is 4.98 Å². The predicted octanol–water partition coefficient (Wildman–Crippen LogP) is 7.86. The average molecular weight is 847 g/mol. The van der Waals surface area contributed by atoms with E-state index in [9.17, 15) is 29.1 Å². The van der Waals surface area contributed by atoms with Crippen LogP contribution in [-0.2, 0) is 35.1 Å². The lowest BCUT2D eigenvalue weighted by molar-refractivity contribution is -0.150. The van der Waals surface area contributed by atoms with Crippen molar-refractivity contribution in [2.75, 3.05) is 33.9 Å². The number of piperidine rings is 1. The molecule has 1 aliphatic heterocycles. The number of aromatic nitrogens is 1. The lowest BCUT2D eigenvalue weighted by Gasteiger charge is -2.39. The number of methoxy groups -OCH3 is 1. The maximum atomic E-state index is 14.8. The summed E-state index contributed by atoms with van der Waals surface area (Å²) in [5.74, 6) is -3.34. The molecule has 0 saturated carbocycles. The van der Waals surface area contributed by atoms with Crippen LogP contribution in [0.1, 0.15) is 114 Å². The molecule has 0 radical (unpaired) electrons. The number of carboxylic acid groups (broad SMARTS) is 1. The Morgan fingerprint density at radius 3 is 2.27 bits per heavy atom. The standard InChI is InChI=1S/C47H66N4O8S/c1-9-31(4)38(27-42(53)40-17-13-14-22-50(40)7)46(55)51(23-24-58-8)41(30(2)3)28-43(59-33(6)52)45-49-39(29-60-45)44(54)48-37(25-32(5)47(56)57)26-34-18-20-36(21-19-34)35-15-11-10-12-16-35/h10-12,15-16,18-21,29-32,37-38,40-41,43H,9,13-14,17,22-28H2,1-8H3,(H,48,54)(H,56,57)/t31?,32-,37+,38?,40?,41+,43+/m0/s1. The first-order chi connectivity index (χ1) is 28.6. The van der Waals surface area contributed by atoms with Gasteiger partial charge in [0, 0.05) is 56.8 Å². The third kappa shape index (κ3) is 13.8. The lowest BCUT2D eigenvalue weighted by Crippen LogP contribution is -2.50. The van der Waals surface area contributed by atoms with E-state index in [1.807, 2.05) is 89.3 Å². The highest BCUT2D eigenvalue weighted by Gasteiger charge is 2.39. The number of likely N-dealkylation sites (tertiary alicyclic amines) is 1. The maximum absolute atomic E-state index is 14.8. The van der Waals surface area contributed by atoms with Gasteiger partial charge in [0.2, 0.25) is 5.91 Å². The van der Waals surface area contributed by atoms with Crippen molar-refractivity contribution in [2.45, 2.75) is 117 Å². The third-order valence-corrected chi connectivity index (χ3v) is 12.9. The van der Waals surface area contributed by atoms with Gasteiger partial charge in [0.1, 0.15) is 10.7 Å². The summed E-state index contributed by atoms with van der Waals surface area (Å²) >= 11 is 1.19. The summed E-state index contributed by atoms with van der Waals surface area (Å²) in [5.41, 5.74) is 3.20. The van der Waals surface area contributed by atoms with E-state index < -0.39 is 47.9 Å². The van der Waals surface area contributed by atoms with E-state index in [1.165, 1.54) is 18.3 Å². The SMILES string of the molecule is CCC(C)C(CC(=O)C1CCCCN1C)C(=O)N(CCOC)[C@H](C[C@@H](OC(C)=O)c1nc(C(=O)N[C@@H](Cc2ccc(-c3ccccc3)cc2)C[C@H](C)C(=O)O)cs1)C(C)C. The van der Waals surface area contributed by atoms with Gasteiger partial charge in [-0.2, -0.15) is 0 Å². The zero-order valence-electron chi connectivity index (χ0n) is 36.7. The molecule has 13 heteroatoms. The molecule has 7 atom stereocenters. The molecule has 60 heavy (non-hydrogen) atoms. The fourth-order valence-corrected chi connectivity index (χ4v) is 8.98. The van der Waals surface area contributed by atoms with Gasteiger partial charge in [-0.15, -0.1) is 11.3 Å². The number of esters is 1. The predicted molar refractivity (Wildman–Crippen MR) is 235 cm³/mol. The Balaban J connectivity index is 1.57. The normalized spacial score (nSPS) is 17.5. The molecule has 0 bridgehead atoms. The van der Waals surface area contributed by atoms with Crippen LogP contribution in [0.15, 0.2) is 60.0 Å². The zero-order chi connectivity index (χ0) is 43.9. The molecule has 1 fully saturated rings. The monoisotopic (exact) mass is 846 g/mol. The first-order valence-corrected chi connectivity index (χ1v) is 22.3. The average Bonchev–Trinajstić information content (AvgIpc) is 3.73. The summed E-state index contributed by atoms with van der Waals surface area (Å²) in [4.78, 5) is 75.4. The number of carboxylic acids is 1. The second kappa shape index (κ2) is 23.5. The fourth-order valence-electron chi connectivity index (χ4n) is 8.14. The van der Waals surface area contributed by atoms with Crippen LogP contribution in [0.25, 0.3) is 11.1 Å². The molecule has 0 spiro atoms. The number of amides is 2. The van der Waals surface area contributed by atoms with Crippen molar-refractivity contribution in [3.8, 4) is 11.1 Å². The Bertz CT molecular complexity index is 1850. The first-order valence-electron chi connectivity index (χ1n) is 21.5. The Labute approximate surface area is 360 Å². The molecule has 3 unspecified atom stereocenters. The van der Waals surface area contributed by atoms with Crippen LogP contribution in [0.3, 0.4) is 0 Å². The lowest BCUT2D eigenvalue weighted by atomic mass is 9.82. The zero-order valence-corrected chi connectivity index (χ0v) is 37.5. The Morgan fingerprint density at radius 2 is 1.67 bits per heavy atom. The summed E-state index contributed by atoms with van der Waals surface area (Å²) in [6.45, 7) is 12.4. The number of ketones is 1. The second-order valence-electron chi connectivity index (χ2n) is 16.8. The number of hydrogen-bond donors (Lipinski definition) is 2. The summed E-state index contributed by atoms with van der Waals surface area (Å²) < 4.78 is 11.4. The van der Waals surface area contributed by atoms with Crippen molar-refractivity contribution < 1.29 is 38.6 Å². The van der Waals surface area contributed by atoms with Gasteiger partial charge in [0.05, 0.1) is 18.6 Å². The van der Waals surface area contributed by atoms with Crippen LogP contribution in [-0.4, -0.2) is 101 Å². The number of nitrogens with zero attached hydrogens (tertiary/aromatic N) is 3. The Kier molecular flexibility index (Phi) is 18.9. The van der Waals surface area contributed by atoms with Gasteiger partial charge in [-0.05, 0) is 67.8 Å². The number of carbonyl (C=O) groups excluding carboxylic acids is 4. The van der Waals surface area contributed by atoms with Crippen LogP contribution in [0.5, 0.6) is 0 Å². The van der Waals surface area contributed by atoms with Gasteiger partial charge in [-0.3, -0.25) is 28.9 Å². The van der Waals surface area contributed by atoms with Crippen molar-refractivity contribution in [3.63, 3.8) is 0 Å². The number of nitrogens with one attached hydrogen (secondary N) is 1. The molecule has 2 N–H and O–H groups in total. The molecule has 2 heterocycles. The molecular weight excluding hydrogens is 781 g/mol. The Morgan fingerprint density at radius 1 is 0.983 bits per heavy atom.